The van der Waals surface area contributed by atoms with Crippen LogP contribution in [-0.4, -0.2) is 11.1 Å². The predicted octanol–water partition coefficient (Wildman–Crippen LogP) is 3.64. The van der Waals surface area contributed by atoms with Crippen LogP contribution < -0.4 is 0 Å². The van der Waals surface area contributed by atoms with E-state index in [-0.39, 0.29) is 18.4 Å². The lowest BCUT2D eigenvalue weighted by molar-refractivity contribution is -0.139. The minimum atomic E-state index is -4.59. The summed E-state index contributed by atoms with van der Waals surface area (Å²) >= 11 is 0. The summed E-state index contributed by atoms with van der Waals surface area (Å²) < 4.78 is 50.6. The van der Waals surface area contributed by atoms with Crippen molar-refractivity contribution < 1.29 is 27.5 Å². The number of carboxylic acid groups (broad SMARTS) is 1. The lowest BCUT2D eigenvalue weighted by Gasteiger charge is -2.12. The van der Waals surface area contributed by atoms with Gasteiger partial charge in [-0.25, -0.2) is 4.39 Å². The second-order valence-electron chi connectivity index (χ2n) is 3.90. The molecular formula is C12H12F4O2. The van der Waals surface area contributed by atoms with Crippen LogP contribution in [-0.2, 0) is 17.4 Å². The summed E-state index contributed by atoms with van der Waals surface area (Å²) in [7, 11) is 0. The third-order valence-electron chi connectivity index (χ3n) is 2.46. The lowest BCUT2D eigenvalue weighted by Crippen LogP contribution is -2.10. The highest BCUT2D eigenvalue weighted by Gasteiger charge is 2.33. The van der Waals surface area contributed by atoms with E-state index in [9.17, 15) is 22.4 Å². The average Bonchev–Trinajstić information content (AvgIpc) is 2.24. The summed E-state index contributed by atoms with van der Waals surface area (Å²) in [6.07, 6.45) is -3.97. The molecule has 0 aliphatic heterocycles. The number of hydrogen-bond donors (Lipinski definition) is 1. The van der Waals surface area contributed by atoms with Gasteiger partial charge in [0.05, 0.1) is 5.56 Å². The number of rotatable bonds is 5. The number of carboxylic acids is 1. The molecule has 100 valence electrons. The quantitative estimate of drug-likeness (QED) is 0.651. The van der Waals surface area contributed by atoms with Crippen LogP contribution >= 0.6 is 0 Å². The zero-order valence-electron chi connectivity index (χ0n) is 9.43. The summed E-state index contributed by atoms with van der Waals surface area (Å²) in [4.78, 5) is 10.3. The van der Waals surface area contributed by atoms with Crippen LogP contribution in [0.25, 0.3) is 0 Å². The third kappa shape index (κ3) is 4.35. The third-order valence-corrected chi connectivity index (χ3v) is 2.46. The van der Waals surface area contributed by atoms with Crippen LogP contribution in [0.1, 0.15) is 30.4 Å². The Hall–Kier alpha value is -1.59. The van der Waals surface area contributed by atoms with Crippen LogP contribution in [0.15, 0.2) is 18.2 Å². The van der Waals surface area contributed by atoms with Gasteiger partial charge in [0.1, 0.15) is 5.82 Å². The van der Waals surface area contributed by atoms with E-state index in [2.05, 4.69) is 0 Å². The number of aryl methyl sites for hydroxylation is 1. The van der Waals surface area contributed by atoms with E-state index < -0.39 is 23.5 Å². The second kappa shape index (κ2) is 5.84. The molecule has 1 aromatic carbocycles. The smallest absolute Gasteiger partial charge is 0.416 e. The Morgan fingerprint density at radius 3 is 2.44 bits per heavy atom. The van der Waals surface area contributed by atoms with E-state index in [4.69, 9.17) is 5.11 Å². The molecule has 0 saturated heterocycles. The van der Waals surface area contributed by atoms with Gasteiger partial charge in [-0.2, -0.15) is 13.2 Å². The fourth-order valence-corrected chi connectivity index (χ4v) is 1.62. The molecule has 0 fully saturated rings. The van der Waals surface area contributed by atoms with E-state index in [1.807, 2.05) is 0 Å². The van der Waals surface area contributed by atoms with Gasteiger partial charge in [0.25, 0.3) is 0 Å². The highest BCUT2D eigenvalue weighted by atomic mass is 19.4. The standard InChI is InChI=1S/C12H12F4O2/c13-9-6-5-8(3-1-2-4-11(17)18)10(7-9)12(14,15)16/h5-7H,1-4H2,(H,17,18). The molecule has 0 spiro atoms. The Labute approximate surface area is 101 Å². The molecule has 6 heteroatoms. The number of aliphatic carboxylic acids is 1. The average molecular weight is 264 g/mol. The monoisotopic (exact) mass is 264 g/mol. The van der Waals surface area contributed by atoms with Crippen molar-refractivity contribution in [1.82, 2.24) is 0 Å². The molecular weight excluding hydrogens is 252 g/mol. The molecule has 0 heterocycles. The van der Waals surface area contributed by atoms with Gasteiger partial charge < -0.3 is 5.11 Å². The van der Waals surface area contributed by atoms with Crippen molar-refractivity contribution in [2.45, 2.75) is 31.9 Å². The van der Waals surface area contributed by atoms with Gasteiger partial charge in [0.15, 0.2) is 0 Å². The van der Waals surface area contributed by atoms with Gasteiger partial charge in [-0.1, -0.05) is 6.07 Å². The zero-order chi connectivity index (χ0) is 13.8. The maximum Gasteiger partial charge on any atom is 0.416 e. The number of unbranched alkanes of at least 4 members (excludes halogenated alkanes) is 1. The van der Waals surface area contributed by atoms with E-state index >= 15 is 0 Å². The summed E-state index contributed by atoms with van der Waals surface area (Å²) in [5.41, 5.74) is -0.993. The van der Waals surface area contributed by atoms with Crippen LogP contribution in [0.4, 0.5) is 17.6 Å². The van der Waals surface area contributed by atoms with Crippen LogP contribution in [0.2, 0.25) is 0 Å². The zero-order valence-corrected chi connectivity index (χ0v) is 9.43. The molecule has 0 atom stereocenters. The van der Waals surface area contributed by atoms with Crippen molar-refractivity contribution in [3.63, 3.8) is 0 Å². The molecule has 0 aliphatic carbocycles. The first-order valence-electron chi connectivity index (χ1n) is 5.38. The molecule has 0 saturated carbocycles. The van der Waals surface area contributed by atoms with E-state index in [0.29, 0.717) is 18.9 Å². The van der Waals surface area contributed by atoms with Crippen LogP contribution in [0.3, 0.4) is 0 Å². The van der Waals surface area contributed by atoms with Crippen molar-refractivity contribution in [2.24, 2.45) is 0 Å². The van der Waals surface area contributed by atoms with Crippen molar-refractivity contribution in [2.75, 3.05) is 0 Å². The number of halogens is 4. The first-order valence-corrected chi connectivity index (χ1v) is 5.38. The van der Waals surface area contributed by atoms with Gasteiger partial charge in [0, 0.05) is 6.42 Å². The Balaban J connectivity index is 2.73. The molecule has 18 heavy (non-hydrogen) atoms. The topological polar surface area (TPSA) is 37.3 Å². The maximum atomic E-state index is 12.8. The summed E-state index contributed by atoms with van der Waals surface area (Å²) in [6, 6.07) is 2.53. The summed E-state index contributed by atoms with van der Waals surface area (Å²) in [5.74, 6) is -1.92. The highest BCUT2D eigenvalue weighted by Crippen LogP contribution is 2.33. The molecule has 0 aromatic heterocycles. The fourth-order valence-electron chi connectivity index (χ4n) is 1.62. The van der Waals surface area contributed by atoms with Gasteiger partial charge in [0.2, 0.25) is 0 Å². The van der Waals surface area contributed by atoms with Crippen LogP contribution in [0.5, 0.6) is 0 Å². The van der Waals surface area contributed by atoms with E-state index in [1.54, 1.807) is 0 Å². The SMILES string of the molecule is O=C(O)CCCCc1ccc(F)cc1C(F)(F)F. The Morgan fingerprint density at radius 2 is 1.89 bits per heavy atom. The normalized spacial score (nSPS) is 11.6. The van der Waals surface area contributed by atoms with Crippen molar-refractivity contribution in [3.05, 3.63) is 35.1 Å². The van der Waals surface area contributed by atoms with Gasteiger partial charge in [-0.05, 0) is 37.0 Å². The molecule has 0 radical (unpaired) electrons. The minimum absolute atomic E-state index is 0.00529. The Bertz CT molecular complexity index is 427. The molecule has 0 unspecified atom stereocenters. The summed E-state index contributed by atoms with van der Waals surface area (Å²) in [6.45, 7) is 0. The maximum absolute atomic E-state index is 12.8. The van der Waals surface area contributed by atoms with Gasteiger partial charge in [-0.15, -0.1) is 0 Å². The molecule has 1 N–H and O–H groups in total. The van der Waals surface area contributed by atoms with E-state index in [1.165, 1.54) is 0 Å². The molecule has 0 aliphatic rings. The first-order chi connectivity index (χ1) is 8.30. The van der Waals surface area contributed by atoms with Crippen LogP contribution in [0, 0.1) is 5.82 Å². The van der Waals surface area contributed by atoms with E-state index in [0.717, 1.165) is 12.1 Å². The highest BCUT2D eigenvalue weighted by molar-refractivity contribution is 5.66. The number of alkyl halides is 3. The first kappa shape index (κ1) is 14.5. The second-order valence-corrected chi connectivity index (χ2v) is 3.90. The van der Waals surface area contributed by atoms with Gasteiger partial charge >= 0.3 is 12.1 Å². The fraction of sp³-hybridized carbons (Fsp3) is 0.417. The minimum Gasteiger partial charge on any atom is -0.481 e. The van der Waals surface area contributed by atoms with Gasteiger partial charge in [-0.3, -0.25) is 4.79 Å². The molecule has 0 amide bonds. The van der Waals surface area contributed by atoms with Crippen molar-refractivity contribution in [1.29, 1.82) is 0 Å². The Morgan fingerprint density at radius 1 is 1.22 bits per heavy atom. The predicted molar refractivity (Wildman–Crippen MR) is 56.6 cm³/mol. The van der Waals surface area contributed by atoms with Crippen molar-refractivity contribution >= 4 is 5.97 Å². The summed E-state index contributed by atoms with van der Waals surface area (Å²) in [5, 5.41) is 8.40. The molecule has 0 bridgehead atoms. The van der Waals surface area contributed by atoms with Crippen molar-refractivity contribution in [3.8, 4) is 0 Å². The lowest BCUT2D eigenvalue weighted by atomic mass is 10.0. The Kier molecular flexibility index (Phi) is 4.69. The number of benzene rings is 1. The molecule has 1 aromatic rings. The number of carbonyl (C=O) groups is 1. The number of hydrogen-bond acceptors (Lipinski definition) is 1. The largest absolute Gasteiger partial charge is 0.481 e. The molecule has 2 nitrogen and oxygen atoms in total. The molecule has 1 rings (SSSR count).